The monoisotopic (exact) mass is 358 g/mol. The SMILES string of the molecule is Cc1ccc(N2C(=O)CS[C@@H]2c2cc3c(cc2[N+](=O)[O-])OCO3)cc1. The van der Waals surface area contributed by atoms with Crippen molar-refractivity contribution < 1.29 is 19.2 Å². The molecule has 1 saturated heterocycles. The predicted molar refractivity (Wildman–Crippen MR) is 93.1 cm³/mol. The molecule has 0 radical (unpaired) electrons. The molecular weight excluding hydrogens is 344 g/mol. The summed E-state index contributed by atoms with van der Waals surface area (Å²) in [5.41, 5.74) is 2.16. The Morgan fingerprint density at radius 3 is 2.56 bits per heavy atom. The van der Waals surface area contributed by atoms with Crippen molar-refractivity contribution in [2.75, 3.05) is 17.4 Å². The maximum absolute atomic E-state index is 12.4. The Morgan fingerprint density at radius 2 is 1.88 bits per heavy atom. The van der Waals surface area contributed by atoms with Gasteiger partial charge in [-0.3, -0.25) is 19.8 Å². The van der Waals surface area contributed by atoms with Gasteiger partial charge in [0.25, 0.3) is 5.69 Å². The number of amides is 1. The van der Waals surface area contributed by atoms with Gasteiger partial charge in [0.1, 0.15) is 5.37 Å². The normalized spacial score (nSPS) is 18.7. The van der Waals surface area contributed by atoms with Gasteiger partial charge in [-0.1, -0.05) is 17.7 Å². The number of thioether (sulfide) groups is 1. The molecule has 2 aliphatic heterocycles. The highest BCUT2D eigenvalue weighted by Crippen LogP contribution is 2.48. The molecule has 0 saturated carbocycles. The lowest BCUT2D eigenvalue weighted by Crippen LogP contribution is -2.28. The molecule has 2 aromatic carbocycles. The first-order valence-electron chi connectivity index (χ1n) is 7.63. The van der Waals surface area contributed by atoms with Crippen LogP contribution < -0.4 is 14.4 Å². The molecule has 0 N–H and O–H groups in total. The van der Waals surface area contributed by atoms with E-state index in [1.54, 1.807) is 11.0 Å². The van der Waals surface area contributed by atoms with Crippen LogP contribution in [0.2, 0.25) is 0 Å². The second-order valence-corrected chi connectivity index (χ2v) is 6.85. The Labute approximate surface area is 147 Å². The molecule has 0 aromatic heterocycles. The van der Waals surface area contributed by atoms with Crippen molar-refractivity contribution in [1.29, 1.82) is 0 Å². The number of nitrogens with zero attached hydrogens (tertiary/aromatic N) is 2. The van der Waals surface area contributed by atoms with E-state index < -0.39 is 10.3 Å². The van der Waals surface area contributed by atoms with Gasteiger partial charge in [-0.25, -0.2) is 0 Å². The minimum atomic E-state index is -0.481. The number of hydrogen-bond acceptors (Lipinski definition) is 6. The van der Waals surface area contributed by atoms with Crippen LogP contribution in [0.25, 0.3) is 0 Å². The molecule has 0 unspecified atom stereocenters. The number of fused-ring (bicyclic) bond motifs is 1. The average Bonchev–Trinajstić information content (AvgIpc) is 3.20. The third-order valence-electron chi connectivity index (χ3n) is 4.16. The van der Waals surface area contributed by atoms with Gasteiger partial charge in [0.05, 0.1) is 22.3 Å². The van der Waals surface area contributed by atoms with E-state index in [9.17, 15) is 14.9 Å². The molecule has 25 heavy (non-hydrogen) atoms. The molecule has 2 heterocycles. The fraction of sp³-hybridized carbons (Fsp3) is 0.235. The van der Waals surface area contributed by atoms with E-state index >= 15 is 0 Å². The number of rotatable bonds is 3. The predicted octanol–water partition coefficient (Wildman–Crippen LogP) is 3.41. The Morgan fingerprint density at radius 1 is 1.20 bits per heavy atom. The smallest absolute Gasteiger partial charge is 0.279 e. The van der Waals surface area contributed by atoms with Gasteiger partial charge in [-0.15, -0.1) is 11.8 Å². The van der Waals surface area contributed by atoms with Crippen molar-refractivity contribution in [1.82, 2.24) is 0 Å². The van der Waals surface area contributed by atoms with E-state index in [1.165, 1.54) is 17.8 Å². The summed E-state index contributed by atoms with van der Waals surface area (Å²) in [5.74, 6) is 1.01. The molecule has 1 atom stereocenters. The summed E-state index contributed by atoms with van der Waals surface area (Å²) < 4.78 is 10.6. The van der Waals surface area contributed by atoms with Crippen LogP contribution in [-0.2, 0) is 4.79 Å². The molecule has 128 valence electrons. The van der Waals surface area contributed by atoms with E-state index in [0.29, 0.717) is 17.1 Å². The van der Waals surface area contributed by atoms with Crippen LogP contribution in [0.4, 0.5) is 11.4 Å². The minimum Gasteiger partial charge on any atom is -0.454 e. The second kappa shape index (κ2) is 5.96. The standard InChI is InChI=1S/C17H14N2O5S/c1-10-2-4-11(5-3-10)18-16(20)8-25-17(18)12-6-14-15(24-9-23-14)7-13(12)19(21)22/h2-7,17H,8-9H2,1H3/t17-/m1/s1. The lowest BCUT2D eigenvalue weighted by Gasteiger charge is -2.24. The Balaban J connectivity index is 1.81. The lowest BCUT2D eigenvalue weighted by atomic mass is 10.1. The van der Waals surface area contributed by atoms with Crippen LogP contribution >= 0.6 is 11.8 Å². The van der Waals surface area contributed by atoms with Crippen molar-refractivity contribution in [3.8, 4) is 11.5 Å². The topological polar surface area (TPSA) is 81.9 Å². The summed E-state index contributed by atoms with van der Waals surface area (Å²) in [7, 11) is 0. The van der Waals surface area contributed by atoms with Crippen LogP contribution in [0.3, 0.4) is 0 Å². The maximum Gasteiger partial charge on any atom is 0.279 e. The number of anilines is 1. The molecule has 2 aliphatic rings. The van der Waals surface area contributed by atoms with Crippen molar-refractivity contribution in [3.63, 3.8) is 0 Å². The average molecular weight is 358 g/mol. The highest BCUT2D eigenvalue weighted by atomic mass is 32.2. The molecule has 1 fully saturated rings. The molecular formula is C17H14N2O5S. The van der Waals surface area contributed by atoms with Crippen molar-refractivity contribution in [3.05, 3.63) is 57.6 Å². The summed E-state index contributed by atoms with van der Waals surface area (Å²) in [6.07, 6.45) is 0. The quantitative estimate of drug-likeness (QED) is 0.618. The number of benzene rings is 2. The Hall–Kier alpha value is -2.74. The number of carbonyl (C=O) groups excluding carboxylic acids is 1. The van der Waals surface area contributed by atoms with E-state index in [2.05, 4.69) is 0 Å². The Kier molecular flexibility index (Phi) is 3.76. The Bertz CT molecular complexity index is 868. The van der Waals surface area contributed by atoms with E-state index in [-0.39, 0.29) is 24.1 Å². The van der Waals surface area contributed by atoms with Gasteiger partial charge in [0.2, 0.25) is 12.7 Å². The third-order valence-corrected chi connectivity index (χ3v) is 5.36. The van der Waals surface area contributed by atoms with Crippen molar-refractivity contribution in [2.24, 2.45) is 0 Å². The molecule has 0 aliphatic carbocycles. The fourth-order valence-corrected chi connectivity index (χ4v) is 4.14. The molecule has 7 nitrogen and oxygen atoms in total. The molecule has 0 spiro atoms. The summed E-state index contributed by atoms with van der Waals surface area (Å²) in [6, 6.07) is 10.5. The van der Waals surface area contributed by atoms with Gasteiger partial charge in [-0.2, -0.15) is 0 Å². The first kappa shape index (κ1) is 15.8. The van der Waals surface area contributed by atoms with E-state index in [0.717, 1.165) is 11.3 Å². The zero-order chi connectivity index (χ0) is 17.6. The molecule has 0 bridgehead atoms. The number of aryl methyl sites for hydroxylation is 1. The van der Waals surface area contributed by atoms with Crippen LogP contribution in [0.1, 0.15) is 16.5 Å². The van der Waals surface area contributed by atoms with Crippen LogP contribution in [0, 0.1) is 17.0 Å². The second-order valence-electron chi connectivity index (χ2n) is 5.78. The lowest BCUT2D eigenvalue weighted by molar-refractivity contribution is -0.385. The van der Waals surface area contributed by atoms with Gasteiger partial charge in [0.15, 0.2) is 11.5 Å². The number of nitro benzene ring substituents is 1. The molecule has 1 amide bonds. The fourth-order valence-electron chi connectivity index (χ4n) is 2.94. The van der Waals surface area contributed by atoms with Crippen LogP contribution in [0.5, 0.6) is 11.5 Å². The van der Waals surface area contributed by atoms with Gasteiger partial charge in [0, 0.05) is 5.69 Å². The molecule has 8 heteroatoms. The number of hydrogen-bond donors (Lipinski definition) is 0. The first-order chi connectivity index (χ1) is 12.0. The third kappa shape index (κ3) is 2.68. The minimum absolute atomic E-state index is 0.0361. The molecule has 4 rings (SSSR count). The van der Waals surface area contributed by atoms with Crippen molar-refractivity contribution in [2.45, 2.75) is 12.3 Å². The van der Waals surface area contributed by atoms with Gasteiger partial charge >= 0.3 is 0 Å². The maximum atomic E-state index is 12.4. The van der Waals surface area contributed by atoms with Gasteiger partial charge in [-0.05, 0) is 25.1 Å². The van der Waals surface area contributed by atoms with E-state index in [1.807, 2.05) is 31.2 Å². The number of carbonyl (C=O) groups is 1. The zero-order valence-corrected chi connectivity index (χ0v) is 14.1. The zero-order valence-electron chi connectivity index (χ0n) is 13.3. The summed E-state index contributed by atoms with van der Waals surface area (Å²) in [6.45, 7) is 2.00. The largest absolute Gasteiger partial charge is 0.454 e. The molecule has 2 aromatic rings. The summed E-state index contributed by atoms with van der Waals surface area (Å²) in [4.78, 5) is 25.1. The number of nitro groups is 1. The van der Waals surface area contributed by atoms with Crippen molar-refractivity contribution >= 4 is 29.0 Å². The highest BCUT2D eigenvalue weighted by Gasteiger charge is 2.39. The van der Waals surface area contributed by atoms with Gasteiger partial charge < -0.3 is 9.47 Å². The highest BCUT2D eigenvalue weighted by molar-refractivity contribution is 8.00. The summed E-state index contributed by atoms with van der Waals surface area (Å²) >= 11 is 1.36. The number of ether oxygens (including phenoxy) is 2. The van der Waals surface area contributed by atoms with Crippen LogP contribution in [0.15, 0.2) is 36.4 Å². The first-order valence-corrected chi connectivity index (χ1v) is 8.68. The summed E-state index contributed by atoms with van der Waals surface area (Å²) in [5, 5.41) is 11.1. The van der Waals surface area contributed by atoms with E-state index in [4.69, 9.17) is 9.47 Å². The van der Waals surface area contributed by atoms with Crippen LogP contribution in [-0.4, -0.2) is 23.4 Å².